The number of hydrogen-bond acceptors (Lipinski definition) is 4. The van der Waals surface area contributed by atoms with Gasteiger partial charge in [0.25, 0.3) is 0 Å². The summed E-state index contributed by atoms with van der Waals surface area (Å²) in [5.41, 5.74) is 0.649. The quantitative estimate of drug-likeness (QED) is 0.807. The van der Waals surface area contributed by atoms with Crippen molar-refractivity contribution in [1.29, 1.82) is 0 Å². The predicted molar refractivity (Wildman–Crippen MR) is 74.3 cm³/mol. The minimum Gasteiger partial charge on any atom is -0.379 e. The Morgan fingerprint density at radius 1 is 1.53 bits per heavy atom. The van der Waals surface area contributed by atoms with E-state index in [9.17, 15) is 4.79 Å². The van der Waals surface area contributed by atoms with Gasteiger partial charge in [0, 0.05) is 6.04 Å². The van der Waals surface area contributed by atoms with Gasteiger partial charge in [0.15, 0.2) is 0 Å². The van der Waals surface area contributed by atoms with E-state index in [2.05, 4.69) is 22.5 Å². The maximum Gasteiger partial charge on any atom is 0.231 e. The summed E-state index contributed by atoms with van der Waals surface area (Å²) in [5, 5.41) is 6.58. The van der Waals surface area contributed by atoms with Crippen LogP contribution in [-0.2, 0) is 9.53 Å². The minimum absolute atomic E-state index is 0.0461. The number of nitrogens with one attached hydrogen (secondary N) is 2. The molecule has 1 amide bonds. The number of anilines is 1. The third-order valence-corrected chi connectivity index (χ3v) is 3.29. The third kappa shape index (κ3) is 3.89. The normalized spacial score (nSPS) is 22.4. The Hall–Kier alpha value is -1.17. The molecule has 1 aliphatic rings. The molecule has 0 saturated carbocycles. The van der Waals surface area contributed by atoms with E-state index < -0.39 is 0 Å². The number of carbonyl (C=O) groups excluding carboxylic acids is 1. The van der Waals surface area contributed by atoms with Crippen molar-refractivity contribution in [2.24, 2.45) is 5.92 Å². The zero-order valence-electron chi connectivity index (χ0n) is 10.9. The molecule has 1 fully saturated rings. The Balaban J connectivity index is 1.93. The molecule has 2 heterocycles. The summed E-state index contributed by atoms with van der Waals surface area (Å²) in [6, 6.07) is 3.47. The summed E-state index contributed by atoms with van der Waals surface area (Å²) in [4.78, 5) is 16.1. The molecular formula is C13H18ClN3O2. The van der Waals surface area contributed by atoms with Crippen molar-refractivity contribution in [3.05, 3.63) is 23.5 Å². The number of ether oxygens (including phenoxy) is 1. The molecule has 1 aliphatic heterocycles. The third-order valence-electron chi connectivity index (χ3n) is 3.07. The topological polar surface area (TPSA) is 63.2 Å². The maximum atomic E-state index is 12.2. The van der Waals surface area contributed by atoms with Crippen LogP contribution in [0.15, 0.2) is 18.3 Å². The fourth-order valence-corrected chi connectivity index (χ4v) is 2.14. The number of rotatable bonds is 5. The van der Waals surface area contributed by atoms with E-state index in [1.54, 1.807) is 18.3 Å². The number of carbonyl (C=O) groups is 1. The van der Waals surface area contributed by atoms with Crippen LogP contribution in [-0.4, -0.2) is 36.7 Å². The number of aromatic nitrogens is 1. The number of nitrogens with zero attached hydrogens (tertiary/aromatic N) is 1. The van der Waals surface area contributed by atoms with Gasteiger partial charge in [0.2, 0.25) is 5.91 Å². The lowest BCUT2D eigenvalue weighted by atomic mass is 10.0. The van der Waals surface area contributed by atoms with E-state index in [4.69, 9.17) is 16.3 Å². The standard InChI is InChI=1S/C13H18ClN3O2/c1-2-5-15-11-8-19-7-10(11)13(18)17-9-3-4-12(14)16-6-9/h3-4,6,10-11,15H,2,5,7-8H2,1H3,(H,17,18). The summed E-state index contributed by atoms with van der Waals surface area (Å²) >= 11 is 5.70. The van der Waals surface area contributed by atoms with Gasteiger partial charge in [-0.25, -0.2) is 4.98 Å². The van der Waals surface area contributed by atoms with Crippen molar-refractivity contribution < 1.29 is 9.53 Å². The molecule has 104 valence electrons. The summed E-state index contributed by atoms with van der Waals surface area (Å²) in [6.07, 6.45) is 2.58. The van der Waals surface area contributed by atoms with Gasteiger partial charge >= 0.3 is 0 Å². The molecule has 1 aromatic rings. The molecule has 6 heteroatoms. The van der Waals surface area contributed by atoms with Gasteiger partial charge in [0.05, 0.1) is 31.0 Å². The molecule has 19 heavy (non-hydrogen) atoms. The van der Waals surface area contributed by atoms with E-state index in [0.29, 0.717) is 24.1 Å². The van der Waals surface area contributed by atoms with Crippen molar-refractivity contribution in [2.75, 3.05) is 25.1 Å². The zero-order chi connectivity index (χ0) is 13.7. The van der Waals surface area contributed by atoms with Crippen molar-refractivity contribution in [1.82, 2.24) is 10.3 Å². The summed E-state index contributed by atoms with van der Waals surface area (Å²) < 4.78 is 5.38. The molecule has 0 aliphatic carbocycles. The van der Waals surface area contributed by atoms with Crippen LogP contribution in [0.3, 0.4) is 0 Å². The lowest BCUT2D eigenvalue weighted by Gasteiger charge is -2.18. The van der Waals surface area contributed by atoms with E-state index in [1.807, 2.05) is 0 Å². The number of pyridine rings is 1. The Kier molecular flexibility index (Phi) is 5.13. The van der Waals surface area contributed by atoms with Crippen LogP contribution < -0.4 is 10.6 Å². The smallest absolute Gasteiger partial charge is 0.231 e. The number of hydrogen-bond donors (Lipinski definition) is 2. The summed E-state index contributed by atoms with van der Waals surface area (Å²) in [7, 11) is 0. The highest BCUT2D eigenvalue weighted by Gasteiger charge is 2.33. The van der Waals surface area contributed by atoms with Crippen LogP contribution in [0.25, 0.3) is 0 Å². The second-order valence-corrected chi connectivity index (χ2v) is 4.95. The van der Waals surface area contributed by atoms with Crippen LogP contribution in [0.1, 0.15) is 13.3 Å². The molecule has 2 atom stereocenters. The van der Waals surface area contributed by atoms with Gasteiger partial charge in [-0.05, 0) is 25.1 Å². The fraction of sp³-hybridized carbons (Fsp3) is 0.538. The number of amides is 1. The second kappa shape index (κ2) is 6.84. The SMILES string of the molecule is CCCNC1COCC1C(=O)Nc1ccc(Cl)nc1. The van der Waals surface area contributed by atoms with Crippen LogP contribution in [0, 0.1) is 5.92 Å². The molecule has 0 spiro atoms. The largest absolute Gasteiger partial charge is 0.379 e. The highest BCUT2D eigenvalue weighted by Crippen LogP contribution is 2.17. The lowest BCUT2D eigenvalue weighted by Crippen LogP contribution is -2.41. The van der Waals surface area contributed by atoms with Gasteiger partial charge in [-0.2, -0.15) is 0 Å². The van der Waals surface area contributed by atoms with Gasteiger partial charge in [-0.15, -0.1) is 0 Å². The molecule has 0 bridgehead atoms. The van der Waals surface area contributed by atoms with Crippen LogP contribution in [0.5, 0.6) is 0 Å². The highest BCUT2D eigenvalue weighted by atomic mass is 35.5. The van der Waals surface area contributed by atoms with Crippen molar-refractivity contribution in [3.8, 4) is 0 Å². The van der Waals surface area contributed by atoms with Crippen LogP contribution in [0.4, 0.5) is 5.69 Å². The predicted octanol–water partition coefficient (Wildman–Crippen LogP) is 1.69. The molecular weight excluding hydrogens is 266 g/mol. The molecule has 1 aromatic heterocycles. The molecule has 2 N–H and O–H groups in total. The average Bonchev–Trinajstić information content (AvgIpc) is 2.87. The monoisotopic (exact) mass is 283 g/mol. The van der Waals surface area contributed by atoms with Gasteiger partial charge in [0.1, 0.15) is 5.15 Å². The van der Waals surface area contributed by atoms with Crippen molar-refractivity contribution in [3.63, 3.8) is 0 Å². The first kappa shape index (κ1) is 14.2. The van der Waals surface area contributed by atoms with Gasteiger partial charge in [-0.3, -0.25) is 4.79 Å². The Morgan fingerprint density at radius 3 is 3.05 bits per heavy atom. The summed E-state index contributed by atoms with van der Waals surface area (Å²) in [5.74, 6) is -0.211. The molecule has 1 saturated heterocycles. The van der Waals surface area contributed by atoms with E-state index in [0.717, 1.165) is 13.0 Å². The van der Waals surface area contributed by atoms with Gasteiger partial charge in [-0.1, -0.05) is 18.5 Å². The lowest BCUT2D eigenvalue weighted by molar-refractivity contribution is -0.120. The molecule has 0 radical (unpaired) electrons. The van der Waals surface area contributed by atoms with Crippen molar-refractivity contribution >= 4 is 23.2 Å². The molecule has 2 rings (SSSR count). The minimum atomic E-state index is -0.165. The van der Waals surface area contributed by atoms with E-state index in [1.165, 1.54) is 0 Å². The first-order chi connectivity index (χ1) is 9.20. The average molecular weight is 284 g/mol. The zero-order valence-corrected chi connectivity index (χ0v) is 11.6. The maximum absolute atomic E-state index is 12.2. The first-order valence-corrected chi connectivity index (χ1v) is 6.82. The number of halogens is 1. The highest BCUT2D eigenvalue weighted by molar-refractivity contribution is 6.29. The Bertz CT molecular complexity index is 424. The van der Waals surface area contributed by atoms with Gasteiger partial charge < -0.3 is 15.4 Å². The Morgan fingerprint density at radius 2 is 2.37 bits per heavy atom. The Labute approximate surface area is 117 Å². The van der Waals surface area contributed by atoms with Crippen LogP contribution >= 0.6 is 11.6 Å². The van der Waals surface area contributed by atoms with E-state index in [-0.39, 0.29) is 17.9 Å². The first-order valence-electron chi connectivity index (χ1n) is 6.44. The molecule has 0 aromatic carbocycles. The van der Waals surface area contributed by atoms with Crippen molar-refractivity contribution in [2.45, 2.75) is 19.4 Å². The van der Waals surface area contributed by atoms with E-state index >= 15 is 0 Å². The fourth-order valence-electron chi connectivity index (χ4n) is 2.03. The molecule has 5 nitrogen and oxygen atoms in total. The molecule has 2 unspecified atom stereocenters. The van der Waals surface area contributed by atoms with Crippen LogP contribution in [0.2, 0.25) is 5.15 Å². The second-order valence-electron chi connectivity index (χ2n) is 4.56. The summed E-state index contributed by atoms with van der Waals surface area (Å²) in [6.45, 7) is 4.02.